The van der Waals surface area contributed by atoms with Gasteiger partial charge in [-0.2, -0.15) is 0 Å². The zero-order chi connectivity index (χ0) is 8.27. The van der Waals surface area contributed by atoms with Crippen molar-refractivity contribution in [2.75, 3.05) is 0 Å². The normalized spacial score (nSPS) is 10.5. The van der Waals surface area contributed by atoms with Gasteiger partial charge in [0.05, 0.1) is 0 Å². The van der Waals surface area contributed by atoms with Gasteiger partial charge >= 0.3 is 0 Å². The molecule has 0 spiro atoms. The summed E-state index contributed by atoms with van der Waals surface area (Å²) in [7, 11) is 0. The molecule has 1 aromatic carbocycles. The zero-order valence-electron chi connectivity index (χ0n) is 6.91. The zero-order valence-corrected chi connectivity index (χ0v) is 6.91. The Morgan fingerprint density at radius 3 is 2.18 bits per heavy atom. The van der Waals surface area contributed by atoms with Crippen LogP contribution in [-0.4, -0.2) is 5.11 Å². The topological polar surface area (TPSA) is 20.2 Å². The van der Waals surface area contributed by atoms with E-state index in [2.05, 4.69) is 20.3 Å². The van der Waals surface area contributed by atoms with E-state index in [1.165, 1.54) is 0 Å². The fraction of sp³-hybridized carbons (Fsp3) is 0.300. The van der Waals surface area contributed by atoms with E-state index in [0.29, 0.717) is 11.7 Å². The predicted molar refractivity (Wildman–Crippen MR) is 46.3 cm³/mol. The molecule has 1 heteroatoms. The Bertz CT molecular complexity index is 211. The van der Waals surface area contributed by atoms with Gasteiger partial charge in [-0.15, -0.1) is 0 Å². The Morgan fingerprint density at radius 2 is 1.73 bits per heavy atom. The quantitative estimate of drug-likeness (QED) is 0.685. The molecule has 1 rings (SSSR count). The molecular weight excluding hydrogens is 136 g/mol. The summed E-state index contributed by atoms with van der Waals surface area (Å²) in [4.78, 5) is 0. The van der Waals surface area contributed by atoms with E-state index in [1.54, 1.807) is 12.1 Å². The molecule has 1 aromatic rings. The first-order valence-corrected chi connectivity index (χ1v) is 3.82. The van der Waals surface area contributed by atoms with Crippen molar-refractivity contribution in [3.8, 4) is 5.75 Å². The van der Waals surface area contributed by atoms with Crippen LogP contribution in [0.25, 0.3) is 0 Å². The van der Waals surface area contributed by atoms with Gasteiger partial charge in [-0.05, 0) is 30.0 Å². The largest absolute Gasteiger partial charge is 0.508 e. The molecular formula is C10H13O. The SMILES string of the molecule is CC(C)[CH]c1ccc(O)cc1. The Morgan fingerprint density at radius 1 is 1.18 bits per heavy atom. The molecule has 59 valence electrons. The van der Waals surface area contributed by atoms with Crippen LogP contribution in [0.5, 0.6) is 5.75 Å². The molecule has 0 amide bonds. The number of phenols is 1. The van der Waals surface area contributed by atoms with Crippen molar-refractivity contribution in [1.29, 1.82) is 0 Å². The van der Waals surface area contributed by atoms with Crippen molar-refractivity contribution in [2.24, 2.45) is 5.92 Å². The van der Waals surface area contributed by atoms with Crippen LogP contribution in [0.3, 0.4) is 0 Å². The lowest BCUT2D eigenvalue weighted by Gasteiger charge is -2.03. The molecule has 0 saturated heterocycles. The first-order chi connectivity index (χ1) is 5.18. The summed E-state index contributed by atoms with van der Waals surface area (Å²) in [5.41, 5.74) is 1.16. The van der Waals surface area contributed by atoms with Crippen LogP contribution in [0.1, 0.15) is 19.4 Å². The van der Waals surface area contributed by atoms with Crippen molar-refractivity contribution >= 4 is 0 Å². The monoisotopic (exact) mass is 149 g/mol. The van der Waals surface area contributed by atoms with E-state index in [1.807, 2.05) is 12.1 Å². The summed E-state index contributed by atoms with van der Waals surface area (Å²) < 4.78 is 0. The van der Waals surface area contributed by atoms with E-state index in [0.717, 1.165) is 5.56 Å². The maximum atomic E-state index is 8.98. The van der Waals surface area contributed by atoms with E-state index < -0.39 is 0 Å². The van der Waals surface area contributed by atoms with Gasteiger partial charge in [0.15, 0.2) is 0 Å². The molecule has 1 radical (unpaired) electrons. The van der Waals surface area contributed by atoms with Crippen molar-refractivity contribution in [1.82, 2.24) is 0 Å². The highest BCUT2D eigenvalue weighted by Gasteiger charge is 1.96. The van der Waals surface area contributed by atoms with Crippen LogP contribution >= 0.6 is 0 Å². The summed E-state index contributed by atoms with van der Waals surface area (Å²) in [6.45, 7) is 4.26. The van der Waals surface area contributed by atoms with Crippen molar-refractivity contribution in [3.05, 3.63) is 36.2 Å². The third kappa shape index (κ3) is 2.62. The van der Waals surface area contributed by atoms with Gasteiger partial charge in [0.2, 0.25) is 0 Å². The van der Waals surface area contributed by atoms with Gasteiger partial charge in [0.1, 0.15) is 5.75 Å². The van der Waals surface area contributed by atoms with Crippen molar-refractivity contribution < 1.29 is 5.11 Å². The minimum Gasteiger partial charge on any atom is -0.508 e. The van der Waals surface area contributed by atoms with Crippen LogP contribution in [0.4, 0.5) is 0 Å². The lowest BCUT2D eigenvalue weighted by Crippen LogP contribution is -1.89. The molecule has 0 unspecified atom stereocenters. The molecule has 0 aromatic heterocycles. The van der Waals surface area contributed by atoms with Gasteiger partial charge < -0.3 is 5.11 Å². The molecule has 0 fully saturated rings. The fourth-order valence-corrected chi connectivity index (χ4v) is 0.970. The van der Waals surface area contributed by atoms with Gasteiger partial charge in [-0.1, -0.05) is 26.0 Å². The van der Waals surface area contributed by atoms with Gasteiger partial charge in [-0.25, -0.2) is 0 Å². The summed E-state index contributed by atoms with van der Waals surface area (Å²) in [6.07, 6.45) is 2.15. The summed E-state index contributed by atoms with van der Waals surface area (Å²) in [5, 5.41) is 8.98. The highest BCUT2D eigenvalue weighted by molar-refractivity contribution is 5.30. The number of phenolic OH excluding ortho intramolecular Hbond substituents is 1. The highest BCUT2D eigenvalue weighted by atomic mass is 16.3. The highest BCUT2D eigenvalue weighted by Crippen LogP contribution is 2.14. The van der Waals surface area contributed by atoms with Crippen LogP contribution in [0.2, 0.25) is 0 Å². The molecule has 0 saturated carbocycles. The van der Waals surface area contributed by atoms with E-state index in [4.69, 9.17) is 5.11 Å². The number of rotatable bonds is 2. The van der Waals surface area contributed by atoms with Crippen LogP contribution in [0, 0.1) is 12.3 Å². The number of benzene rings is 1. The molecule has 11 heavy (non-hydrogen) atoms. The third-order valence-electron chi connectivity index (χ3n) is 1.42. The Kier molecular flexibility index (Phi) is 2.53. The van der Waals surface area contributed by atoms with E-state index in [-0.39, 0.29) is 0 Å². The molecule has 0 aliphatic carbocycles. The maximum absolute atomic E-state index is 8.98. The second-order valence-corrected chi connectivity index (χ2v) is 3.00. The smallest absolute Gasteiger partial charge is 0.115 e. The Labute approximate surface area is 67.7 Å². The van der Waals surface area contributed by atoms with Gasteiger partial charge in [-0.3, -0.25) is 0 Å². The van der Waals surface area contributed by atoms with Gasteiger partial charge in [0, 0.05) is 0 Å². The number of aromatic hydroxyl groups is 1. The van der Waals surface area contributed by atoms with E-state index in [9.17, 15) is 0 Å². The minimum absolute atomic E-state index is 0.325. The summed E-state index contributed by atoms with van der Waals surface area (Å²) >= 11 is 0. The maximum Gasteiger partial charge on any atom is 0.115 e. The van der Waals surface area contributed by atoms with Crippen LogP contribution in [0.15, 0.2) is 24.3 Å². The molecule has 0 aliphatic rings. The van der Waals surface area contributed by atoms with Crippen molar-refractivity contribution in [2.45, 2.75) is 13.8 Å². The average Bonchev–Trinajstić information content (AvgIpc) is 1.93. The molecule has 0 heterocycles. The van der Waals surface area contributed by atoms with Gasteiger partial charge in [0.25, 0.3) is 0 Å². The number of hydrogen-bond donors (Lipinski definition) is 1. The average molecular weight is 149 g/mol. The first-order valence-electron chi connectivity index (χ1n) is 3.82. The lowest BCUT2D eigenvalue weighted by atomic mass is 10.0. The predicted octanol–water partition coefficient (Wildman–Crippen LogP) is 2.60. The minimum atomic E-state index is 0.325. The fourth-order valence-electron chi connectivity index (χ4n) is 0.970. The standard InChI is InChI=1S/C10H13O/c1-8(2)7-9-3-5-10(11)6-4-9/h3-8,11H,1-2H3. The van der Waals surface area contributed by atoms with E-state index >= 15 is 0 Å². The summed E-state index contributed by atoms with van der Waals surface area (Å²) in [5.74, 6) is 0.880. The Hall–Kier alpha value is -0.980. The second-order valence-electron chi connectivity index (χ2n) is 3.00. The molecule has 0 aliphatic heterocycles. The van der Waals surface area contributed by atoms with Crippen molar-refractivity contribution in [3.63, 3.8) is 0 Å². The molecule has 1 nitrogen and oxygen atoms in total. The molecule has 0 atom stereocenters. The first kappa shape index (κ1) is 8.12. The number of hydrogen-bond acceptors (Lipinski definition) is 1. The Balaban J connectivity index is 2.66. The summed E-state index contributed by atoms with van der Waals surface area (Å²) in [6, 6.07) is 7.23. The molecule has 1 N–H and O–H groups in total. The van der Waals surface area contributed by atoms with Crippen LogP contribution < -0.4 is 0 Å². The van der Waals surface area contributed by atoms with Crippen LogP contribution in [-0.2, 0) is 0 Å². The third-order valence-corrected chi connectivity index (χ3v) is 1.42. The lowest BCUT2D eigenvalue weighted by molar-refractivity contribution is 0.475. The second kappa shape index (κ2) is 3.42. The molecule has 0 bridgehead atoms.